The molecule has 0 saturated carbocycles. The quantitative estimate of drug-likeness (QED) is 0.673. The summed E-state index contributed by atoms with van der Waals surface area (Å²) in [5.74, 6) is -0.101. The molecule has 0 bridgehead atoms. The van der Waals surface area contributed by atoms with Crippen molar-refractivity contribution in [2.24, 2.45) is 0 Å². The standard InChI is InChI=1S/C19H19FN4OS/c1-13(23-18(25)12-26-19-8-3-4-9-21-19)17-11-22-24(14(17)2)16-7-5-6-15(20)10-16/h3-11,13H,12H2,1-2H3,(H,23,25)/t13-/m0/s1. The van der Waals surface area contributed by atoms with Crippen LogP contribution >= 0.6 is 11.8 Å². The van der Waals surface area contributed by atoms with E-state index in [2.05, 4.69) is 15.4 Å². The lowest BCUT2D eigenvalue weighted by Gasteiger charge is -2.14. The summed E-state index contributed by atoms with van der Waals surface area (Å²) in [4.78, 5) is 16.4. The highest BCUT2D eigenvalue weighted by atomic mass is 32.2. The summed E-state index contributed by atoms with van der Waals surface area (Å²) in [5.41, 5.74) is 2.41. The molecule has 2 heterocycles. The van der Waals surface area contributed by atoms with E-state index < -0.39 is 0 Å². The van der Waals surface area contributed by atoms with Crippen LogP contribution in [0.1, 0.15) is 24.2 Å². The zero-order valence-electron chi connectivity index (χ0n) is 14.5. The summed E-state index contributed by atoms with van der Waals surface area (Å²) in [6, 6.07) is 11.7. The molecular formula is C19H19FN4OS. The molecule has 3 aromatic rings. The van der Waals surface area contributed by atoms with Crippen molar-refractivity contribution >= 4 is 17.7 Å². The van der Waals surface area contributed by atoms with E-state index in [9.17, 15) is 9.18 Å². The Hall–Kier alpha value is -2.67. The van der Waals surface area contributed by atoms with E-state index in [0.29, 0.717) is 11.4 Å². The predicted molar refractivity (Wildman–Crippen MR) is 99.8 cm³/mol. The second kappa shape index (κ2) is 8.14. The Bertz CT molecular complexity index is 898. The van der Waals surface area contributed by atoms with Gasteiger partial charge >= 0.3 is 0 Å². The summed E-state index contributed by atoms with van der Waals surface area (Å²) in [6.07, 6.45) is 3.41. The minimum atomic E-state index is -0.313. The highest BCUT2D eigenvalue weighted by molar-refractivity contribution is 7.99. The van der Waals surface area contributed by atoms with Crippen LogP contribution in [0.3, 0.4) is 0 Å². The van der Waals surface area contributed by atoms with Gasteiger partial charge < -0.3 is 5.32 Å². The first-order chi connectivity index (χ1) is 12.5. The van der Waals surface area contributed by atoms with Gasteiger partial charge in [0.15, 0.2) is 0 Å². The van der Waals surface area contributed by atoms with E-state index in [0.717, 1.165) is 16.3 Å². The van der Waals surface area contributed by atoms with Crippen molar-refractivity contribution in [2.75, 3.05) is 5.75 Å². The average molecular weight is 370 g/mol. The van der Waals surface area contributed by atoms with E-state index in [1.165, 1.54) is 23.9 Å². The number of carbonyl (C=O) groups is 1. The zero-order chi connectivity index (χ0) is 18.5. The molecule has 0 aliphatic heterocycles. The molecule has 7 heteroatoms. The van der Waals surface area contributed by atoms with Gasteiger partial charge in [0, 0.05) is 17.5 Å². The fraction of sp³-hybridized carbons (Fsp3) is 0.211. The number of benzene rings is 1. The number of thioether (sulfide) groups is 1. The maximum atomic E-state index is 13.4. The van der Waals surface area contributed by atoms with Gasteiger partial charge in [-0.2, -0.15) is 5.10 Å². The van der Waals surface area contributed by atoms with Gasteiger partial charge in [-0.3, -0.25) is 4.79 Å². The smallest absolute Gasteiger partial charge is 0.230 e. The van der Waals surface area contributed by atoms with Crippen LogP contribution in [0.4, 0.5) is 4.39 Å². The SMILES string of the molecule is Cc1c([C@H](C)NC(=O)CSc2ccccn2)cnn1-c1cccc(F)c1. The van der Waals surface area contributed by atoms with E-state index in [-0.39, 0.29) is 17.8 Å². The average Bonchev–Trinajstić information content (AvgIpc) is 3.02. The van der Waals surface area contributed by atoms with Crippen LogP contribution in [0.15, 0.2) is 59.9 Å². The molecule has 26 heavy (non-hydrogen) atoms. The van der Waals surface area contributed by atoms with Gasteiger partial charge in [0.2, 0.25) is 5.91 Å². The molecule has 2 aromatic heterocycles. The summed E-state index contributed by atoms with van der Waals surface area (Å²) in [5, 5.41) is 8.11. The molecule has 0 fully saturated rings. The largest absolute Gasteiger partial charge is 0.349 e. The van der Waals surface area contributed by atoms with Gasteiger partial charge in [-0.1, -0.05) is 23.9 Å². The second-order valence-corrected chi connectivity index (χ2v) is 6.82. The summed E-state index contributed by atoms with van der Waals surface area (Å²) >= 11 is 1.39. The minimum Gasteiger partial charge on any atom is -0.349 e. The van der Waals surface area contributed by atoms with Gasteiger partial charge in [0.05, 0.1) is 28.7 Å². The van der Waals surface area contributed by atoms with Crippen molar-refractivity contribution < 1.29 is 9.18 Å². The minimum absolute atomic E-state index is 0.0777. The highest BCUT2D eigenvalue weighted by Crippen LogP contribution is 2.21. The number of carbonyl (C=O) groups excluding carboxylic acids is 1. The lowest BCUT2D eigenvalue weighted by Crippen LogP contribution is -2.28. The molecule has 0 aliphatic rings. The van der Waals surface area contributed by atoms with Crippen LogP contribution in [0.5, 0.6) is 0 Å². The molecule has 0 spiro atoms. The topological polar surface area (TPSA) is 59.8 Å². The molecule has 3 rings (SSSR count). The maximum absolute atomic E-state index is 13.4. The van der Waals surface area contributed by atoms with Crippen molar-refractivity contribution in [3.8, 4) is 5.69 Å². The Labute approximate surface area is 155 Å². The number of nitrogens with one attached hydrogen (secondary N) is 1. The van der Waals surface area contributed by atoms with E-state index >= 15 is 0 Å². The number of aromatic nitrogens is 3. The number of nitrogens with zero attached hydrogens (tertiary/aromatic N) is 3. The Morgan fingerprint density at radius 3 is 2.88 bits per heavy atom. The normalized spacial score (nSPS) is 12.0. The van der Waals surface area contributed by atoms with E-state index in [1.54, 1.807) is 29.2 Å². The predicted octanol–water partition coefficient (Wildman–Crippen LogP) is 3.68. The van der Waals surface area contributed by atoms with E-state index in [4.69, 9.17) is 0 Å². The zero-order valence-corrected chi connectivity index (χ0v) is 15.3. The number of hydrogen-bond donors (Lipinski definition) is 1. The summed E-state index contributed by atoms with van der Waals surface area (Å²) in [7, 11) is 0. The first-order valence-corrected chi connectivity index (χ1v) is 9.17. The molecule has 0 radical (unpaired) electrons. The fourth-order valence-corrected chi connectivity index (χ4v) is 3.32. The number of amides is 1. The van der Waals surface area contributed by atoms with Crippen LogP contribution < -0.4 is 5.32 Å². The third-order valence-electron chi connectivity index (χ3n) is 3.93. The summed E-state index contributed by atoms with van der Waals surface area (Å²) in [6.45, 7) is 3.81. The first kappa shape index (κ1) is 18.1. The Balaban J connectivity index is 1.65. The second-order valence-electron chi connectivity index (χ2n) is 5.82. The van der Waals surface area contributed by atoms with Crippen molar-refractivity contribution in [2.45, 2.75) is 24.9 Å². The van der Waals surface area contributed by atoms with Crippen molar-refractivity contribution in [1.29, 1.82) is 0 Å². The van der Waals surface area contributed by atoms with Crippen LogP contribution in [-0.2, 0) is 4.79 Å². The summed E-state index contributed by atoms with van der Waals surface area (Å²) < 4.78 is 15.1. The van der Waals surface area contributed by atoms with Crippen LogP contribution in [0, 0.1) is 12.7 Å². The molecule has 0 aliphatic carbocycles. The maximum Gasteiger partial charge on any atom is 0.230 e. The van der Waals surface area contributed by atoms with E-state index in [1.807, 2.05) is 32.0 Å². The Morgan fingerprint density at radius 1 is 1.31 bits per heavy atom. The number of halogens is 1. The number of hydrogen-bond acceptors (Lipinski definition) is 4. The Morgan fingerprint density at radius 2 is 2.15 bits per heavy atom. The lowest BCUT2D eigenvalue weighted by molar-refractivity contribution is -0.119. The van der Waals surface area contributed by atoms with Gasteiger partial charge in [-0.15, -0.1) is 0 Å². The number of pyridine rings is 1. The van der Waals surface area contributed by atoms with Gasteiger partial charge in [-0.25, -0.2) is 14.1 Å². The molecule has 0 unspecified atom stereocenters. The van der Waals surface area contributed by atoms with Crippen LogP contribution in [-0.4, -0.2) is 26.4 Å². The highest BCUT2D eigenvalue weighted by Gasteiger charge is 2.16. The third-order valence-corrected chi connectivity index (χ3v) is 4.88. The molecule has 5 nitrogen and oxygen atoms in total. The first-order valence-electron chi connectivity index (χ1n) is 8.18. The molecule has 1 N–H and O–H groups in total. The number of rotatable bonds is 6. The third kappa shape index (κ3) is 4.29. The monoisotopic (exact) mass is 370 g/mol. The Kier molecular flexibility index (Phi) is 5.68. The van der Waals surface area contributed by atoms with Gasteiger partial charge in [0.25, 0.3) is 0 Å². The van der Waals surface area contributed by atoms with Crippen LogP contribution in [0.2, 0.25) is 0 Å². The van der Waals surface area contributed by atoms with Crippen molar-refractivity contribution in [3.05, 3.63) is 71.9 Å². The van der Waals surface area contributed by atoms with Crippen molar-refractivity contribution in [1.82, 2.24) is 20.1 Å². The van der Waals surface area contributed by atoms with Gasteiger partial charge in [0.1, 0.15) is 5.82 Å². The lowest BCUT2D eigenvalue weighted by atomic mass is 10.1. The fourth-order valence-electron chi connectivity index (χ4n) is 2.65. The van der Waals surface area contributed by atoms with Gasteiger partial charge in [-0.05, 0) is 44.2 Å². The van der Waals surface area contributed by atoms with Crippen LogP contribution in [0.25, 0.3) is 5.69 Å². The molecule has 0 saturated heterocycles. The molecule has 1 atom stereocenters. The molecule has 1 amide bonds. The molecule has 134 valence electrons. The molecular weight excluding hydrogens is 351 g/mol. The van der Waals surface area contributed by atoms with Crippen molar-refractivity contribution in [3.63, 3.8) is 0 Å². The molecule has 1 aromatic carbocycles.